The predicted octanol–water partition coefficient (Wildman–Crippen LogP) is 3.91. The summed E-state index contributed by atoms with van der Waals surface area (Å²) in [5.74, 6) is 1.76. The lowest BCUT2D eigenvalue weighted by molar-refractivity contribution is -0.113. The SMILES string of the molecule is CCCSCc1cc(=O)[nH]c(SCC(=O)Nc2ccccc2Br)n1. The molecule has 0 radical (unpaired) electrons. The first-order valence-corrected chi connectivity index (χ1v) is 10.4. The van der Waals surface area contributed by atoms with E-state index >= 15 is 0 Å². The van der Waals surface area contributed by atoms with E-state index in [-0.39, 0.29) is 17.2 Å². The Morgan fingerprint density at radius 2 is 2.17 bits per heavy atom. The Bertz CT molecular complexity index is 752. The van der Waals surface area contributed by atoms with Gasteiger partial charge in [0.25, 0.3) is 5.56 Å². The van der Waals surface area contributed by atoms with E-state index in [1.54, 1.807) is 11.8 Å². The molecule has 0 saturated heterocycles. The van der Waals surface area contributed by atoms with Crippen LogP contribution < -0.4 is 10.9 Å². The summed E-state index contributed by atoms with van der Waals surface area (Å²) in [4.78, 5) is 30.8. The number of aromatic nitrogens is 2. The first-order valence-electron chi connectivity index (χ1n) is 7.43. The number of nitrogens with one attached hydrogen (secondary N) is 2. The topological polar surface area (TPSA) is 74.8 Å². The number of nitrogens with zero attached hydrogens (tertiary/aromatic N) is 1. The summed E-state index contributed by atoms with van der Waals surface area (Å²) in [6, 6.07) is 8.92. The molecule has 0 aliphatic carbocycles. The number of para-hydroxylation sites is 1. The molecule has 0 aliphatic heterocycles. The predicted molar refractivity (Wildman–Crippen MR) is 105 cm³/mol. The molecule has 24 heavy (non-hydrogen) atoms. The fourth-order valence-corrected chi connectivity index (χ4v) is 3.70. The van der Waals surface area contributed by atoms with Gasteiger partial charge in [0.15, 0.2) is 5.16 Å². The van der Waals surface area contributed by atoms with Gasteiger partial charge >= 0.3 is 0 Å². The summed E-state index contributed by atoms with van der Waals surface area (Å²) in [6.45, 7) is 2.11. The molecule has 0 spiro atoms. The third kappa shape index (κ3) is 6.33. The average molecular weight is 428 g/mol. The number of thioether (sulfide) groups is 2. The van der Waals surface area contributed by atoms with Crippen LogP contribution in [0.25, 0.3) is 0 Å². The number of halogens is 1. The summed E-state index contributed by atoms with van der Waals surface area (Å²) in [5, 5.41) is 3.29. The van der Waals surface area contributed by atoms with Crippen LogP contribution in [-0.4, -0.2) is 27.4 Å². The number of H-pyrrole nitrogens is 1. The number of carbonyl (C=O) groups is 1. The zero-order valence-electron chi connectivity index (χ0n) is 13.2. The van der Waals surface area contributed by atoms with Crippen molar-refractivity contribution in [1.82, 2.24) is 9.97 Å². The highest BCUT2D eigenvalue weighted by Gasteiger charge is 2.08. The summed E-state index contributed by atoms with van der Waals surface area (Å²) in [7, 11) is 0. The zero-order chi connectivity index (χ0) is 17.4. The van der Waals surface area contributed by atoms with Gasteiger partial charge in [-0.05, 0) is 40.2 Å². The second-order valence-corrected chi connectivity index (χ2v) is 7.83. The second-order valence-electron chi connectivity index (χ2n) is 4.91. The number of benzene rings is 1. The second kappa shape index (κ2) is 9.90. The Balaban J connectivity index is 1.92. The van der Waals surface area contributed by atoms with Crippen LogP contribution in [0.2, 0.25) is 0 Å². The molecule has 0 atom stereocenters. The van der Waals surface area contributed by atoms with Crippen LogP contribution in [-0.2, 0) is 10.5 Å². The maximum atomic E-state index is 12.0. The molecule has 8 heteroatoms. The van der Waals surface area contributed by atoms with Crippen molar-refractivity contribution in [1.29, 1.82) is 0 Å². The lowest BCUT2D eigenvalue weighted by Crippen LogP contribution is -2.16. The quantitative estimate of drug-likeness (QED) is 0.379. The Hall–Kier alpha value is -1.25. The summed E-state index contributed by atoms with van der Waals surface area (Å²) >= 11 is 6.35. The van der Waals surface area contributed by atoms with Crippen LogP contribution >= 0.6 is 39.5 Å². The first kappa shape index (κ1) is 19.1. The smallest absolute Gasteiger partial charge is 0.251 e. The Kier molecular flexibility index (Phi) is 7.87. The van der Waals surface area contributed by atoms with Gasteiger partial charge in [0.05, 0.1) is 17.1 Å². The molecular formula is C16H18BrN3O2S2. The van der Waals surface area contributed by atoms with Crippen LogP contribution in [0.1, 0.15) is 19.0 Å². The van der Waals surface area contributed by atoms with E-state index in [9.17, 15) is 9.59 Å². The van der Waals surface area contributed by atoms with Gasteiger partial charge < -0.3 is 10.3 Å². The minimum atomic E-state index is -0.189. The number of amides is 1. The van der Waals surface area contributed by atoms with Crippen molar-refractivity contribution in [3.8, 4) is 0 Å². The molecule has 1 heterocycles. The molecule has 1 amide bonds. The van der Waals surface area contributed by atoms with Gasteiger partial charge in [-0.15, -0.1) is 0 Å². The van der Waals surface area contributed by atoms with E-state index in [2.05, 4.69) is 38.1 Å². The monoisotopic (exact) mass is 427 g/mol. The molecule has 5 nitrogen and oxygen atoms in total. The van der Waals surface area contributed by atoms with Crippen molar-refractivity contribution in [2.24, 2.45) is 0 Å². The fourth-order valence-electron chi connectivity index (χ4n) is 1.83. The third-order valence-electron chi connectivity index (χ3n) is 2.86. The standard InChI is InChI=1S/C16H18BrN3O2S2/c1-2-7-23-9-11-8-14(21)20-16(18-11)24-10-15(22)19-13-6-4-3-5-12(13)17/h3-6,8H,2,7,9-10H2,1H3,(H,19,22)(H,18,20,21). The largest absolute Gasteiger partial charge is 0.324 e. The van der Waals surface area contributed by atoms with Crippen molar-refractivity contribution in [2.45, 2.75) is 24.3 Å². The molecule has 0 bridgehead atoms. The van der Waals surface area contributed by atoms with Crippen molar-refractivity contribution < 1.29 is 4.79 Å². The highest BCUT2D eigenvalue weighted by atomic mass is 79.9. The number of carbonyl (C=O) groups excluding carboxylic acids is 1. The minimum Gasteiger partial charge on any atom is -0.324 e. The molecular weight excluding hydrogens is 410 g/mol. The number of anilines is 1. The normalized spacial score (nSPS) is 10.6. The Morgan fingerprint density at radius 3 is 2.92 bits per heavy atom. The molecule has 0 unspecified atom stereocenters. The molecule has 1 aromatic heterocycles. The summed E-state index contributed by atoms with van der Waals surface area (Å²) in [6.07, 6.45) is 1.09. The number of hydrogen-bond donors (Lipinski definition) is 2. The number of rotatable bonds is 8. The van der Waals surface area contributed by atoms with Gasteiger partial charge in [-0.1, -0.05) is 30.8 Å². The zero-order valence-corrected chi connectivity index (χ0v) is 16.4. The van der Waals surface area contributed by atoms with Crippen LogP contribution in [0, 0.1) is 0 Å². The summed E-state index contributed by atoms with van der Waals surface area (Å²) in [5.41, 5.74) is 1.27. The van der Waals surface area contributed by atoms with Crippen LogP contribution in [0.5, 0.6) is 0 Å². The van der Waals surface area contributed by atoms with Crippen molar-refractivity contribution >= 4 is 51.0 Å². The highest BCUT2D eigenvalue weighted by Crippen LogP contribution is 2.22. The Morgan fingerprint density at radius 1 is 1.38 bits per heavy atom. The summed E-state index contributed by atoms with van der Waals surface area (Å²) < 4.78 is 0.824. The average Bonchev–Trinajstić information content (AvgIpc) is 2.55. The lowest BCUT2D eigenvalue weighted by Gasteiger charge is -2.07. The van der Waals surface area contributed by atoms with Crippen LogP contribution in [0.15, 0.2) is 44.8 Å². The molecule has 128 valence electrons. The highest BCUT2D eigenvalue weighted by molar-refractivity contribution is 9.10. The molecule has 0 aliphatic rings. The van der Waals surface area contributed by atoms with Crippen molar-refractivity contribution in [3.05, 3.63) is 50.9 Å². The van der Waals surface area contributed by atoms with Gasteiger partial charge in [0, 0.05) is 16.3 Å². The molecule has 2 rings (SSSR count). The van der Waals surface area contributed by atoms with Crippen molar-refractivity contribution in [3.63, 3.8) is 0 Å². The van der Waals surface area contributed by atoms with Gasteiger partial charge in [-0.25, -0.2) is 4.98 Å². The molecule has 0 fully saturated rings. The lowest BCUT2D eigenvalue weighted by atomic mass is 10.3. The van der Waals surface area contributed by atoms with Crippen LogP contribution in [0.3, 0.4) is 0 Å². The van der Waals surface area contributed by atoms with Gasteiger partial charge in [0.2, 0.25) is 5.91 Å². The van der Waals surface area contributed by atoms with E-state index in [1.807, 2.05) is 24.3 Å². The van der Waals surface area contributed by atoms with E-state index in [4.69, 9.17) is 0 Å². The van der Waals surface area contributed by atoms with E-state index < -0.39 is 0 Å². The van der Waals surface area contributed by atoms with Gasteiger partial charge in [-0.3, -0.25) is 9.59 Å². The van der Waals surface area contributed by atoms with E-state index in [0.29, 0.717) is 16.6 Å². The fraction of sp³-hybridized carbons (Fsp3) is 0.312. The molecule has 1 aromatic carbocycles. The minimum absolute atomic E-state index is 0.152. The number of aromatic amines is 1. The van der Waals surface area contributed by atoms with E-state index in [1.165, 1.54) is 17.8 Å². The molecule has 2 aromatic rings. The van der Waals surface area contributed by atoms with Gasteiger partial charge in [-0.2, -0.15) is 11.8 Å². The molecule has 2 N–H and O–H groups in total. The van der Waals surface area contributed by atoms with E-state index in [0.717, 1.165) is 22.3 Å². The maximum absolute atomic E-state index is 12.0. The maximum Gasteiger partial charge on any atom is 0.251 e. The third-order valence-corrected chi connectivity index (χ3v) is 5.62. The molecule has 0 saturated carbocycles. The number of hydrogen-bond acceptors (Lipinski definition) is 5. The first-order chi connectivity index (χ1) is 11.6. The van der Waals surface area contributed by atoms with Gasteiger partial charge in [0.1, 0.15) is 0 Å². The van der Waals surface area contributed by atoms with Crippen LogP contribution in [0.4, 0.5) is 5.69 Å². The Labute approximate surface area is 157 Å². The van der Waals surface area contributed by atoms with Crippen molar-refractivity contribution in [2.75, 3.05) is 16.8 Å².